The molecule has 2 aromatic carbocycles. The first-order valence-corrected chi connectivity index (χ1v) is 9.06. The van der Waals surface area contributed by atoms with Crippen LogP contribution in [-0.4, -0.2) is 30.3 Å². The van der Waals surface area contributed by atoms with Gasteiger partial charge in [-0.2, -0.15) is 0 Å². The quantitative estimate of drug-likeness (QED) is 0.401. The molecule has 26 heavy (non-hydrogen) atoms. The molecule has 0 radical (unpaired) electrons. The summed E-state index contributed by atoms with van der Waals surface area (Å²) < 4.78 is 5.48. The molecule has 0 aromatic heterocycles. The van der Waals surface area contributed by atoms with Gasteiger partial charge in [0.15, 0.2) is 0 Å². The smallest absolute Gasteiger partial charge is 0.338 e. The number of hydrogen-bond donors (Lipinski definition) is 0. The summed E-state index contributed by atoms with van der Waals surface area (Å²) in [5.74, 6) is -0.301. The summed E-state index contributed by atoms with van der Waals surface area (Å²) in [6.45, 7) is 12.2. The predicted octanol–water partition coefficient (Wildman–Crippen LogP) is 4.97. The number of nitrogens with zero attached hydrogens (tertiary/aromatic N) is 2. The summed E-state index contributed by atoms with van der Waals surface area (Å²) in [6, 6.07) is 11.8. The number of benzene rings is 2. The lowest BCUT2D eigenvalue weighted by atomic mass is 10.0. The lowest BCUT2D eigenvalue weighted by Crippen LogP contribution is -2.20. The highest BCUT2D eigenvalue weighted by Gasteiger charge is 2.13. The molecule has 0 saturated heterocycles. The molecular weight excluding hydrogens is 324 g/mol. The van der Waals surface area contributed by atoms with Gasteiger partial charge in [-0.1, -0.05) is 29.8 Å². The highest BCUT2D eigenvalue weighted by molar-refractivity contribution is 5.92. The molecule has 0 N–H and O–H groups in total. The molecule has 0 saturated carbocycles. The van der Waals surface area contributed by atoms with E-state index in [1.54, 1.807) is 0 Å². The Bertz CT molecular complexity index is 775. The Kier molecular flexibility index (Phi) is 6.96. The van der Waals surface area contributed by atoms with Crippen LogP contribution < -0.4 is 0 Å². The molecule has 0 aliphatic rings. The first-order valence-electron chi connectivity index (χ1n) is 9.06. The zero-order chi connectivity index (χ0) is 19.1. The molecule has 138 valence electrons. The molecule has 0 bridgehead atoms. The third-order valence-corrected chi connectivity index (χ3v) is 4.43. The molecule has 0 heterocycles. The second-order valence-electron chi connectivity index (χ2n) is 6.48. The number of carbonyl (C=O) groups excluding carboxylic acids is 1. The van der Waals surface area contributed by atoms with Gasteiger partial charge in [-0.3, -0.25) is 0 Å². The fourth-order valence-corrected chi connectivity index (χ4v) is 2.60. The number of rotatable bonds is 7. The minimum Gasteiger partial charge on any atom is -0.457 e. The highest BCUT2D eigenvalue weighted by Crippen LogP contribution is 2.24. The van der Waals surface area contributed by atoms with Crippen LogP contribution in [0.4, 0.5) is 5.69 Å². The Morgan fingerprint density at radius 1 is 1.04 bits per heavy atom. The highest BCUT2D eigenvalue weighted by atomic mass is 16.5. The van der Waals surface area contributed by atoms with E-state index in [-0.39, 0.29) is 12.6 Å². The Labute approximate surface area is 156 Å². The molecular formula is C22H28N2O2. The van der Waals surface area contributed by atoms with Crippen molar-refractivity contribution in [2.45, 2.75) is 41.2 Å². The number of aryl methyl sites for hydroxylation is 3. The predicted molar refractivity (Wildman–Crippen MR) is 107 cm³/mol. The van der Waals surface area contributed by atoms with E-state index in [0.717, 1.165) is 35.5 Å². The van der Waals surface area contributed by atoms with Crippen LogP contribution in [-0.2, 0) is 11.3 Å². The third kappa shape index (κ3) is 5.19. The lowest BCUT2D eigenvalue weighted by Gasteiger charge is -2.14. The Morgan fingerprint density at radius 3 is 2.31 bits per heavy atom. The van der Waals surface area contributed by atoms with Gasteiger partial charge in [0, 0.05) is 13.1 Å². The molecule has 0 aliphatic heterocycles. The topological polar surface area (TPSA) is 41.9 Å². The largest absolute Gasteiger partial charge is 0.457 e. The molecule has 2 aromatic rings. The Balaban J connectivity index is 2.10. The molecule has 0 spiro atoms. The van der Waals surface area contributed by atoms with Crippen LogP contribution in [0, 0.1) is 20.8 Å². The van der Waals surface area contributed by atoms with Gasteiger partial charge in [0.25, 0.3) is 0 Å². The number of ether oxygens (including phenoxy) is 1. The van der Waals surface area contributed by atoms with Crippen LogP contribution in [0.25, 0.3) is 0 Å². The van der Waals surface area contributed by atoms with Crippen LogP contribution in [0.1, 0.15) is 46.5 Å². The molecule has 2 rings (SSSR count). The van der Waals surface area contributed by atoms with E-state index < -0.39 is 0 Å². The molecule has 0 amide bonds. The van der Waals surface area contributed by atoms with Gasteiger partial charge >= 0.3 is 5.97 Å². The van der Waals surface area contributed by atoms with E-state index in [2.05, 4.69) is 23.7 Å². The maximum atomic E-state index is 12.5. The van der Waals surface area contributed by atoms with Crippen molar-refractivity contribution in [1.29, 1.82) is 0 Å². The molecule has 4 heteroatoms. The van der Waals surface area contributed by atoms with Gasteiger partial charge in [-0.15, -0.1) is 0 Å². The number of aliphatic imine (C=N–C) groups is 1. The van der Waals surface area contributed by atoms with Crippen LogP contribution in [0.15, 0.2) is 41.4 Å². The van der Waals surface area contributed by atoms with E-state index in [1.165, 1.54) is 5.56 Å². The van der Waals surface area contributed by atoms with Crippen molar-refractivity contribution < 1.29 is 9.53 Å². The van der Waals surface area contributed by atoms with Crippen LogP contribution in [0.2, 0.25) is 0 Å². The Morgan fingerprint density at radius 2 is 1.69 bits per heavy atom. The number of esters is 1. The minimum absolute atomic E-state index is 0.277. The van der Waals surface area contributed by atoms with E-state index in [1.807, 2.05) is 63.5 Å². The van der Waals surface area contributed by atoms with Crippen LogP contribution in [0.5, 0.6) is 0 Å². The van der Waals surface area contributed by atoms with Gasteiger partial charge in [-0.05, 0) is 63.4 Å². The maximum absolute atomic E-state index is 12.5. The summed E-state index contributed by atoms with van der Waals surface area (Å²) >= 11 is 0. The van der Waals surface area contributed by atoms with Crippen molar-refractivity contribution in [1.82, 2.24) is 4.90 Å². The molecule has 0 unspecified atom stereocenters. The second kappa shape index (κ2) is 9.18. The van der Waals surface area contributed by atoms with Crippen LogP contribution >= 0.6 is 0 Å². The zero-order valence-corrected chi connectivity index (χ0v) is 16.4. The van der Waals surface area contributed by atoms with E-state index in [4.69, 9.17) is 4.74 Å². The van der Waals surface area contributed by atoms with E-state index in [9.17, 15) is 4.79 Å². The van der Waals surface area contributed by atoms with E-state index in [0.29, 0.717) is 5.56 Å². The average Bonchev–Trinajstić information content (AvgIpc) is 2.64. The molecule has 0 aliphatic carbocycles. The maximum Gasteiger partial charge on any atom is 0.338 e. The SMILES string of the molecule is CCN(C=Nc1cc(C)c(C(=O)OCc2ccc(C)cc2)cc1C)CC. The van der Waals surface area contributed by atoms with Crippen molar-refractivity contribution >= 4 is 18.0 Å². The summed E-state index contributed by atoms with van der Waals surface area (Å²) in [5.41, 5.74) is 5.48. The molecule has 4 nitrogen and oxygen atoms in total. The Hall–Kier alpha value is -2.62. The number of carbonyl (C=O) groups is 1. The number of hydrogen-bond acceptors (Lipinski definition) is 3. The fraction of sp³-hybridized carbons (Fsp3) is 0.364. The molecule has 0 atom stereocenters. The van der Waals surface area contributed by atoms with Crippen molar-refractivity contribution in [3.05, 3.63) is 64.2 Å². The normalized spacial score (nSPS) is 11.0. The minimum atomic E-state index is -0.301. The zero-order valence-electron chi connectivity index (χ0n) is 16.4. The van der Waals surface area contributed by atoms with Gasteiger partial charge < -0.3 is 9.64 Å². The third-order valence-electron chi connectivity index (χ3n) is 4.43. The second-order valence-corrected chi connectivity index (χ2v) is 6.48. The van der Waals surface area contributed by atoms with Crippen molar-refractivity contribution in [3.63, 3.8) is 0 Å². The van der Waals surface area contributed by atoms with Gasteiger partial charge in [0.1, 0.15) is 6.61 Å². The first-order chi connectivity index (χ1) is 12.4. The summed E-state index contributed by atoms with van der Waals surface area (Å²) in [7, 11) is 0. The van der Waals surface area contributed by atoms with Gasteiger partial charge in [0.2, 0.25) is 0 Å². The monoisotopic (exact) mass is 352 g/mol. The van der Waals surface area contributed by atoms with Crippen molar-refractivity contribution in [2.75, 3.05) is 13.1 Å². The standard InChI is InChI=1S/C22H28N2O2/c1-6-24(7-2)15-23-21-13-17(4)20(12-18(21)5)22(25)26-14-19-10-8-16(3)9-11-19/h8-13,15H,6-7,14H2,1-5H3. The molecule has 0 fully saturated rings. The average molecular weight is 352 g/mol. The van der Waals surface area contributed by atoms with Crippen LogP contribution in [0.3, 0.4) is 0 Å². The van der Waals surface area contributed by atoms with Crippen molar-refractivity contribution in [2.24, 2.45) is 4.99 Å². The summed E-state index contributed by atoms with van der Waals surface area (Å²) in [6.07, 6.45) is 1.86. The lowest BCUT2D eigenvalue weighted by molar-refractivity contribution is 0.0472. The van der Waals surface area contributed by atoms with Crippen molar-refractivity contribution in [3.8, 4) is 0 Å². The summed E-state index contributed by atoms with van der Waals surface area (Å²) in [4.78, 5) is 19.1. The summed E-state index contributed by atoms with van der Waals surface area (Å²) in [5, 5.41) is 0. The van der Waals surface area contributed by atoms with Gasteiger partial charge in [0.05, 0.1) is 17.6 Å². The first kappa shape index (κ1) is 19.7. The fourth-order valence-electron chi connectivity index (χ4n) is 2.60. The van der Waals surface area contributed by atoms with E-state index >= 15 is 0 Å². The van der Waals surface area contributed by atoms with Gasteiger partial charge in [-0.25, -0.2) is 9.79 Å².